The summed E-state index contributed by atoms with van der Waals surface area (Å²) in [5.41, 5.74) is 0.486. The van der Waals surface area contributed by atoms with Gasteiger partial charge in [-0.1, -0.05) is 38.0 Å². The summed E-state index contributed by atoms with van der Waals surface area (Å²) >= 11 is 1.23. The van der Waals surface area contributed by atoms with Crippen molar-refractivity contribution in [1.29, 1.82) is 0 Å². The number of benzene rings is 1. The minimum atomic E-state index is -1.22. The monoisotopic (exact) mass is 546 g/mol. The molecule has 2 heterocycles. The zero-order valence-electron chi connectivity index (χ0n) is 21.0. The van der Waals surface area contributed by atoms with Gasteiger partial charge in [-0.2, -0.15) is 0 Å². The highest BCUT2D eigenvalue weighted by molar-refractivity contribution is 8.02. The van der Waals surface area contributed by atoms with Crippen LogP contribution in [0.2, 0.25) is 0 Å². The molecule has 0 saturated carbocycles. The van der Waals surface area contributed by atoms with E-state index in [0.717, 1.165) is 0 Å². The number of amides is 2. The van der Waals surface area contributed by atoms with Crippen LogP contribution in [0.3, 0.4) is 0 Å². The summed E-state index contributed by atoms with van der Waals surface area (Å²) in [5.74, 6) is -1.02. The minimum Gasteiger partial charge on any atom is -0.491 e. The van der Waals surface area contributed by atoms with Crippen LogP contribution >= 0.6 is 11.8 Å². The second kappa shape index (κ2) is 13.0. The van der Waals surface area contributed by atoms with Crippen LogP contribution < -0.4 is 10.1 Å². The lowest BCUT2D eigenvalue weighted by atomic mass is 9.92. The van der Waals surface area contributed by atoms with Gasteiger partial charge < -0.3 is 28.6 Å². The summed E-state index contributed by atoms with van der Waals surface area (Å²) in [6, 6.07) is 6.48. The largest absolute Gasteiger partial charge is 0.508 e. The molecule has 1 unspecified atom stereocenters. The molecule has 11 nitrogen and oxygen atoms in total. The number of esters is 1. The number of ether oxygens (including phenoxy) is 5. The Morgan fingerprint density at radius 3 is 2.37 bits per heavy atom. The van der Waals surface area contributed by atoms with Crippen molar-refractivity contribution in [2.45, 2.75) is 23.1 Å². The lowest BCUT2D eigenvalue weighted by Gasteiger charge is -2.43. The highest BCUT2D eigenvalue weighted by atomic mass is 32.2. The summed E-state index contributed by atoms with van der Waals surface area (Å²) in [5, 5.41) is 2.15. The quantitative estimate of drug-likeness (QED) is 0.170. The molecule has 4 atom stereocenters. The van der Waals surface area contributed by atoms with E-state index < -0.39 is 40.4 Å². The molecular weight excluding hydrogens is 516 g/mol. The highest BCUT2D eigenvalue weighted by Crippen LogP contribution is 2.51. The predicted molar refractivity (Wildman–Crippen MR) is 140 cm³/mol. The van der Waals surface area contributed by atoms with Gasteiger partial charge in [-0.25, -0.2) is 9.59 Å². The molecule has 0 aliphatic carbocycles. The second-order valence-electron chi connectivity index (χ2n) is 8.38. The fraction of sp³-hybridized carbons (Fsp3) is 0.385. The first kappa shape index (κ1) is 28.6. The number of β-lactam (4-membered cyclic amide) rings is 1. The Morgan fingerprint density at radius 1 is 1.08 bits per heavy atom. The molecule has 1 aromatic rings. The highest BCUT2D eigenvalue weighted by Gasteiger charge is 2.64. The van der Waals surface area contributed by atoms with E-state index in [-0.39, 0.29) is 38.9 Å². The van der Waals surface area contributed by atoms with E-state index in [0.29, 0.717) is 11.4 Å². The zero-order valence-corrected chi connectivity index (χ0v) is 21.8. The molecule has 204 valence electrons. The van der Waals surface area contributed by atoms with Gasteiger partial charge >= 0.3 is 18.2 Å². The van der Waals surface area contributed by atoms with Gasteiger partial charge in [0.25, 0.3) is 0 Å². The van der Waals surface area contributed by atoms with Crippen molar-refractivity contribution in [3.8, 4) is 5.75 Å². The molecule has 0 spiro atoms. The third-order valence-electron chi connectivity index (χ3n) is 5.67. The van der Waals surface area contributed by atoms with Gasteiger partial charge in [0, 0.05) is 5.69 Å². The van der Waals surface area contributed by atoms with Crippen molar-refractivity contribution in [1.82, 2.24) is 4.90 Å². The van der Waals surface area contributed by atoms with E-state index in [1.807, 2.05) is 0 Å². The van der Waals surface area contributed by atoms with Crippen LogP contribution in [-0.4, -0.2) is 78.2 Å². The Kier molecular flexibility index (Phi) is 9.83. The first-order chi connectivity index (χ1) is 18.2. The molecule has 2 amide bonds. The molecule has 0 radical (unpaired) electrons. The average Bonchev–Trinajstić information content (AvgIpc) is 3.24. The number of hydrogen-bond acceptors (Lipinski definition) is 10. The van der Waals surface area contributed by atoms with Gasteiger partial charge in [0.2, 0.25) is 5.91 Å². The number of nitrogens with one attached hydrogen (secondary N) is 1. The van der Waals surface area contributed by atoms with E-state index in [1.165, 1.54) is 30.0 Å². The lowest BCUT2D eigenvalue weighted by molar-refractivity contribution is -0.158. The number of nitrogens with zero attached hydrogens (tertiary/aromatic N) is 1. The fourth-order valence-electron chi connectivity index (χ4n) is 3.86. The van der Waals surface area contributed by atoms with E-state index in [1.54, 1.807) is 36.1 Å². The van der Waals surface area contributed by atoms with Crippen molar-refractivity contribution < 1.29 is 42.9 Å². The molecule has 0 bridgehead atoms. The second-order valence-corrected chi connectivity index (χ2v) is 9.88. The van der Waals surface area contributed by atoms with Gasteiger partial charge in [-0.15, -0.1) is 11.8 Å². The van der Waals surface area contributed by atoms with Crippen LogP contribution in [0.5, 0.6) is 5.75 Å². The summed E-state index contributed by atoms with van der Waals surface area (Å²) in [6.45, 7) is 12.2. The third-order valence-corrected chi connectivity index (χ3v) is 7.32. The number of rotatable bonds is 13. The molecule has 2 fully saturated rings. The van der Waals surface area contributed by atoms with Crippen molar-refractivity contribution in [3.05, 3.63) is 62.2 Å². The maximum absolute atomic E-state index is 13.1. The maximum Gasteiger partial charge on any atom is 0.508 e. The van der Waals surface area contributed by atoms with E-state index in [2.05, 4.69) is 25.1 Å². The molecule has 1 aromatic carbocycles. The fourth-order valence-corrected chi connectivity index (χ4v) is 5.61. The number of carbonyl (C=O) groups excluding carboxylic acids is 4. The molecule has 2 saturated heterocycles. The molecule has 3 rings (SSSR count). The van der Waals surface area contributed by atoms with E-state index in [4.69, 9.17) is 23.7 Å². The molecule has 2 aliphatic rings. The normalized spacial score (nSPS) is 22.1. The van der Waals surface area contributed by atoms with Crippen LogP contribution in [-0.2, 0) is 28.5 Å². The molecule has 38 heavy (non-hydrogen) atoms. The number of anilines is 1. The van der Waals surface area contributed by atoms with Crippen molar-refractivity contribution in [2.75, 3.05) is 38.3 Å². The Bertz CT molecular complexity index is 1080. The summed E-state index contributed by atoms with van der Waals surface area (Å²) in [7, 11) is 0. The summed E-state index contributed by atoms with van der Waals surface area (Å²) in [6.07, 6.45) is 2.01. The van der Waals surface area contributed by atoms with Gasteiger partial charge in [-0.3, -0.25) is 14.9 Å². The van der Waals surface area contributed by atoms with Crippen LogP contribution in [0.25, 0.3) is 0 Å². The van der Waals surface area contributed by atoms with Crippen LogP contribution in [0, 0.1) is 5.92 Å². The number of carbonyl (C=O) groups is 4. The lowest BCUT2D eigenvalue weighted by Crippen LogP contribution is -2.61. The van der Waals surface area contributed by atoms with Gasteiger partial charge in [0.15, 0.2) is 4.75 Å². The first-order valence-corrected chi connectivity index (χ1v) is 12.6. The third kappa shape index (κ3) is 6.68. The van der Waals surface area contributed by atoms with Gasteiger partial charge in [0.05, 0.1) is 11.9 Å². The maximum atomic E-state index is 13.1. The Hall–Kier alpha value is -3.93. The summed E-state index contributed by atoms with van der Waals surface area (Å²) < 4.78 is 25.0. The van der Waals surface area contributed by atoms with E-state index >= 15 is 0 Å². The number of hydrogen-bond donors (Lipinski definition) is 1. The molecule has 12 heteroatoms. The SMILES string of the molecule is C=CCOC(=O)Nc1ccc(OCC2(C(=O)OCC=C)CN3C(=O)[C@H]([C@@H](C)OC(=O)OCC=C)[C@H]3S2)cc1. The zero-order chi connectivity index (χ0) is 27.7. The number of fused-ring (bicyclic) bond motifs is 1. The average molecular weight is 547 g/mol. The molecule has 2 aliphatic heterocycles. The summed E-state index contributed by atoms with van der Waals surface area (Å²) in [4.78, 5) is 51.1. The van der Waals surface area contributed by atoms with Gasteiger partial charge in [-0.05, 0) is 31.2 Å². The number of thioether (sulfide) groups is 1. The van der Waals surface area contributed by atoms with Crippen LogP contribution in [0.15, 0.2) is 62.2 Å². The van der Waals surface area contributed by atoms with Crippen molar-refractivity contribution in [3.63, 3.8) is 0 Å². The predicted octanol–water partition coefficient (Wildman–Crippen LogP) is 3.53. The van der Waals surface area contributed by atoms with Crippen molar-refractivity contribution in [2.24, 2.45) is 5.92 Å². The molecule has 0 aromatic heterocycles. The smallest absolute Gasteiger partial charge is 0.491 e. The van der Waals surface area contributed by atoms with Crippen LogP contribution in [0.4, 0.5) is 15.3 Å². The van der Waals surface area contributed by atoms with Crippen molar-refractivity contribution >= 4 is 41.6 Å². The minimum absolute atomic E-state index is 0.000161. The van der Waals surface area contributed by atoms with Gasteiger partial charge in [0.1, 0.15) is 44.2 Å². The van der Waals surface area contributed by atoms with E-state index in [9.17, 15) is 19.2 Å². The Morgan fingerprint density at radius 2 is 1.71 bits per heavy atom. The molecule has 1 N–H and O–H groups in total. The Labute approximate surface area is 224 Å². The van der Waals surface area contributed by atoms with Crippen LogP contribution in [0.1, 0.15) is 6.92 Å². The Balaban J connectivity index is 1.67. The standard InChI is InChI=1S/C26H30N2O9S/c1-5-12-33-23(30)26(16-36-19-10-8-18(9-11-19)27-24(31)34-13-6-2)15-28-21(29)20(22(28)38-26)17(4)37-25(32)35-14-7-3/h5-11,17,20,22H,1-3,12-16H2,4H3,(H,27,31)/t17-,20+,22-,26?/m1/s1. The topological polar surface area (TPSA) is 130 Å². The first-order valence-electron chi connectivity index (χ1n) is 11.7. The molecular formula is C26H30N2O9S.